The van der Waals surface area contributed by atoms with Crippen molar-refractivity contribution in [1.82, 2.24) is 9.62 Å². The molecule has 0 aromatic heterocycles. The van der Waals surface area contributed by atoms with Gasteiger partial charge in [0.05, 0.1) is 5.02 Å². The molecule has 0 spiro atoms. The maximum atomic E-state index is 12.4. The van der Waals surface area contributed by atoms with E-state index in [-0.39, 0.29) is 22.3 Å². The van der Waals surface area contributed by atoms with Crippen LogP contribution in [0.1, 0.15) is 6.42 Å². The van der Waals surface area contributed by atoms with Crippen molar-refractivity contribution in [2.75, 3.05) is 26.2 Å². The van der Waals surface area contributed by atoms with Crippen molar-refractivity contribution in [3.05, 3.63) is 28.2 Å². The van der Waals surface area contributed by atoms with E-state index in [1.165, 1.54) is 22.5 Å². The Balaban J connectivity index is 0.00000180. The smallest absolute Gasteiger partial charge is 0.244 e. The number of benzene rings is 1. The summed E-state index contributed by atoms with van der Waals surface area (Å²) in [6.07, 6.45) is 0.796. The summed E-state index contributed by atoms with van der Waals surface area (Å²) in [4.78, 5) is 0.121. The second kappa shape index (κ2) is 7.11. The Morgan fingerprint density at radius 3 is 2.58 bits per heavy atom. The average molecular weight is 346 g/mol. The number of rotatable bonds is 2. The summed E-state index contributed by atoms with van der Waals surface area (Å²) in [7, 11) is -3.53. The summed E-state index contributed by atoms with van der Waals surface area (Å²) in [5, 5.41) is 3.76. The van der Waals surface area contributed by atoms with Crippen molar-refractivity contribution < 1.29 is 8.42 Å². The lowest BCUT2D eigenvalue weighted by Crippen LogP contribution is -2.34. The molecule has 0 amide bonds. The van der Waals surface area contributed by atoms with Gasteiger partial charge in [-0.2, -0.15) is 4.31 Å². The summed E-state index contributed by atoms with van der Waals surface area (Å²) in [6, 6.07) is 4.45. The van der Waals surface area contributed by atoms with Crippen LogP contribution in [0.4, 0.5) is 0 Å². The predicted molar refractivity (Wildman–Crippen MR) is 80.0 cm³/mol. The number of nitrogens with one attached hydrogen (secondary N) is 1. The zero-order valence-electron chi connectivity index (χ0n) is 10.1. The lowest BCUT2D eigenvalue weighted by molar-refractivity contribution is 0.432. The lowest BCUT2D eigenvalue weighted by atomic mass is 10.4. The van der Waals surface area contributed by atoms with Crippen LogP contribution in [-0.4, -0.2) is 38.9 Å². The van der Waals surface area contributed by atoms with Crippen molar-refractivity contribution in [2.24, 2.45) is 0 Å². The summed E-state index contributed by atoms with van der Waals surface area (Å²) >= 11 is 11.7. The van der Waals surface area contributed by atoms with E-state index in [4.69, 9.17) is 23.2 Å². The minimum Gasteiger partial charge on any atom is -0.315 e. The minimum absolute atomic E-state index is 0. The number of nitrogens with zero attached hydrogens (tertiary/aromatic N) is 1. The molecule has 1 heterocycles. The molecule has 0 aliphatic carbocycles. The van der Waals surface area contributed by atoms with Crippen LogP contribution < -0.4 is 5.32 Å². The van der Waals surface area contributed by atoms with E-state index < -0.39 is 10.0 Å². The van der Waals surface area contributed by atoms with Gasteiger partial charge in [-0.1, -0.05) is 23.2 Å². The fraction of sp³-hybridized carbons (Fsp3) is 0.455. The van der Waals surface area contributed by atoms with Gasteiger partial charge in [0.25, 0.3) is 0 Å². The fourth-order valence-corrected chi connectivity index (χ4v) is 4.11. The van der Waals surface area contributed by atoms with Gasteiger partial charge in [0, 0.05) is 24.7 Å². The van der Waals surface area contributed by atoms with Crippen molar-refractivity contribution in [2.45, 2.75) is 11.3 Å². The van der Waals surface area contributed by atoms with Gasteiger partial charge in [0.15, 0.2) is 0 Å². The van der Waals surface area contributed by atoms with E-state index in [0.717, 1.165) is 13.0 Å². The third kappa shape index (κ3) is 3.97. The summed E-state index contributed by atoms with van der Waals surface area (Å²) in [5.41, 5.74) is 0. The van der Waals surface area contributed by atoms with E-state index in [1.807, 2.05) is 0 Å². The van der Waals surface area contributed by atoms with E-state index in [1.54, 1.807) is 0 Å². The molecular formula is C11H15Cl3N2O2S. The molecular weight excluding hydrogens is 331 g/mol. The largest absolute Gasteiger partial charge is 0.315 e. The topological polar surface area (TPSA) is 49.4 Å². The van der Waals surface area contributed by atoms with Crippen molar-refractivity contribution >= 4 is 45.6 Å². The van der Waals surface area contributed by atoms with E-state index in [0.29, 0.717) is 24.7 Å². The number of hydrogen-bond acceptors (Lipinski definition) is 3. The van der Waals surface area contributed by atoms with Crippen LogP contribution in [0.25, 0.3) is 0 Å². The Morgan fingerprint density at radius 1 is 1.16 bits per heavy atom. The molecule has 0 atom stereocenters. The number of sulfonamides is 1. The van der Waals surface area contributed by atoms with E-state index in [9.17, 15) is 8.42 Å². The number of hydrogen-bond donors (Lipinski definition) is 1. The maximum Gasteiger partial charge on any atom is 0.244 e. The highest BCUT2D eigenvalue weighted by Crippen LogP contribution is 2.27. The zero-order chi connectivity index (χ0) is 13.2. The highest BCUT2D eigenvalue weighted by atomic mass is 35.5. The van der Waals surface area contributed by atoms with Gasteiger partial charge in [-0.3, -0.25) is 0 Å². The van der Waals surface area contributed by atoms with Crippen LogP contribution in [0.2, 0.25) is 10.0 Å². The van der Waals surface area contributed by atoms with Gasteiger partial charge in [-0.25, -0.2) is 8.42 Å². The Kier molecular flexibility index (Phi) is 6.36. The van der Waals surface area contributed by atoms with Crippen molar-refractivity contribution in [1.29, 1.82) is 0 Å². The summed E-state index contributed by atoms with van der Waals surface area (Å²) in [6.45, 7) is 2.46. The Morgan fingerprint density at radius 2 is 1.89 bits per heavy atom. The molecule has 8 heteroatoms. The normalized spacial score (nSPS) is 17.6. The number of halogens is 3. The Bertz CT molecular complexity index is 529. The molecule has 0 saturated carbocycles. The molecule has 0 radical (unpaired) electrons. The highest BCUT2D eigenvalue weighted by molar-refractivity contribution is 7.89. The first-order valence-corrected chi connectivity index (χ1v) is 7.87. The first-order valence-electron chi connectivity index (χ1n) is 5.68. The monoisotopic (exact) mass is 344 g/mol. The molecule has 1 aliphatic heterocycles. The molecule has 1 aromatic rings. The van der Waals surface area contributed by atoms with Crippen LogP contribution in [0.5, 0.6) is 0 Å². The SMILES string of the molecule is Cl.O=S(=O)(c1ccc(Cl)cc1Cl)N1CCCNCC1. The molecule has 1 aliphatic rings. The maximum absolute atomic E-state index is 12.4. The van der Waals surface area contributed by atoms with E-state index >= 15 is 0 Å². The quantitative estimate of drug-likeness (QED) is 0.895. The first kappa shape index (κ1) is 17.0. The second-order valence-electron chi connectivity index (χ2n) is 4.08. The van der Waals surface area contributed by atoms with Crippen molar-refractivity contribution in [3.63, 3.8) is 0 Å². The van der Waals surface area contributed by atoms with Crippen LogP contribution in [0.15, 0.2) is 23.1 Å². The average Bonchev–Trinajstić information content (AvgIpc) is 2.57. The van der Waals surface area contributed by atoms with Gasteiger partial charge < -0.3 is 5.32 Å². The van der Waals surface area contributed by atoms with Crippen LogP contribution in [0.3, 0.4) is 0 Å². The molecule has 0 bridgehead atoms. The molecule has 108 valence electrons. The van der Waals surface area contributed by atoms with E-state index in [2.05, 4.69) is 5.32 Å². The molecule has 2 rings (SSSR count). The van der Waals surface area contributed by atoms with Gasteiger partial charge in [-0.05, 0) is 31.2 Å². The predicted octanol–water partition coefficient (Wildman–Crippen LogP) is 2.40. The molecule has 4 nitrogen and oxygen atoms in total. The Labute approximate surface area is 129 Å². The van der Waals surface area contributed by atoms with Crippen LogP contribution >= 0.6 is 35.6 Å². The zero-order valence-corrected chi connectivity index (χ0v) is 13.2. The first-order chi connectivity index (χ1) is 8.51. The van der Waals surface area contributed by atoms with Crippen LogP contribution in [-0.2, 0) is 10.0 Å². The second-order valence-corrected chi connectivity index (χ2v) is 6.83. The van der Waals surface area contributed by atoms with Gasteiger partial charge >= 0.3 is 0 Å². The van der Waals surface area contributed by atoms with Gasteiger partial charge in [-0.15, -0.1) is 12.4 Å². The van der Waals surface area contributed by atoms with Gasteiger partial charge in [0.1, 0.15) is 4.90 Å². The fourth-order valence-electron chi connectivity index (χ4n) is 1.88. The summed E-state index contributed by atoms with van der Waals surface area (Å²) in [5.74, 6) is 0. The third-order valence-corrected chi connectivity index (χ3v) is 5.43. The van der Waals surface area contributed by atoms with Crippen molar-refractivity contribution in [3.8, 4) is 0 Å². The summed E-state index contributed by atoms with van der Waals surface area (Å²) < 4.78 is 26.3. The lowest BCUT2D eigenvalue weighted by Gasteiger charge is -2.20. The molecule has 1 fully saturated rings. The third-order valence-electron chi connectivity index (χ3n) is 2.81. The molecule has 1 aromatic carbocycles. The highest BCUT2D eigenvalue weighted by Gasteiger charge is 2.27. The minimum atomic E-state index is -3.53. The standard InChI is InChI=1S/C11H14Cl2N2O2S.ClH/c12-9-2-3-11(10(13)8-9)18(16,17)15-6-1-4-14-5-7-15;/h2-3,8,14H,1,4-7H2;1H. The Hall–Kier alpha value is -0.0400. The molecule has 19 heavy (non-hydrogen) atoms. The molecule has 1 saturated heterocycles. The van der Waals surface area contributed by atoms with Crippen LogP contribution in [0, 0.1) is 0 Å². The molecule has 0 unspecified atom stereocenters. The van der Waals surface area contributed by atoms with Gasteiger partial charge in [0.2, 0.25) is 10.0 Å². The molecule has 1 N–H and O–H groups in total.